The Labute approximate surface area is 144 Å². The minimum atomic E-state index is -0.318. The first-order valence-corrected chi connectivity index (χ1v) is 7.49. The van der Waals surface area contributed by atoms with E-state index in [1.807, 2.05) is 6.07 Å². The van der Waals surface area contributed by atoms with Gasteiger partial charge in [-0.1, -0.05) is 12.1 Å². The van der Waals surface area contributed by atoms with Crippen LogP contribution in [0.25, 0.3) is 0 Å². The summed E-state index contributed by atoms with van der Waals surface area (Å²) in [6, 6.07) is 15.6. The Hall–Kier alpha value is -3.61. The van der Waals surface area contributed by atoms with Gasteiger partial charge in [-0.3, -0.25) is 9.78 Å². The summed E-state index contributed by atoms with van der Waals surface area (Å²) in [6.45, 7) is 0. The van der Waals surface area contributed by atoms with Crippen LogP contribution in [-0.4, -0.2) is 23.0 Å². The van der Waals surface area contributed by atoms with Crippen LogP contribution in [-0.2, 0) is 0 Å². The third-order valence-corrected chi connectivity index (χ3v) is 3.25. The lowest BCUT2D eigenvalue weighted by Gasteiger charge is -2.10. The summed E-state index contributed by atoms with van der Waals surface area (Å²) >= 11 is 0. The van der Waals surface area contributed by atoms with E-state index in [2.05, 4.69) is 25.5 Å². The molecule has 0 atom stereocenters. The zero-order valence-corrected chi connectivity index (χ0v) is 13.5. The number of amides is 1. The number of benzene rings is 1. The second kappa shape index (κ2) is 7.78. The second-order valence-electron chi connectivity index (χ2n) is 4.94. The summed E-state index contributed by atoms with van der Waals surface area (Å²) in [6.07, 6.45) is 3.21. The number of carbonyl (C=O) groups is 1. The topological polar surface area (TPSA) is 88.8 Å². The van der Waals surface area contributed by atoms with Gasteiger partial charge in [0.25, 0.3) is 5.91 Å². The molecule has 2 heterocycles. The number of ether oxygens (including phenoxy) is 1. The summed E-state index contributed by atoms with van der Waals surface area (Å²) < 4.78 is 5.32. The summed E-state index contributed by atoms with van der Waals surface area (Å²) in [4.78, 5) is 20.3. The van der Waals surface area contributed by atoms with Crippen LogP contribution in [0.3, 0.4) is 0 Å². The molecule has 0 saturated heterocycles. The van der Waals surface area contributed by atoms with Gasteiger partial charge in [0.1, 0.15) is 11.4 Å². The van der Waals surface area contributed by atoms with Crippen molar-refractivity contribution in [1.29, 1.82) is 0 Å². The summed E-state index contributed by atoms with van der Waals surface area (Å²) in [5.74, 6) is 0.664. The fourth-order valence-corrected chi connectivity index (χ4v) is 2.05. The molecule has 0 aliphatic heterocycles. The molecule has 7 nitrogen and oxygen atoms in total. The number of hydrogen-bond acceptors (Lipinski definition) is 6. The van der Waals surface area contributed by atoms with E-state index in [4.69, 9.17) is 4.74 Å². The van der Waals surface area contributed by atoms with E-state index >= 15 is 0 Å². The Morgan fingerprint density at radius 2 is 1.80 bits per heavy atom. The predicted octanol–water partition coefficient (Wildman–Crippen LogP) is 4.15. The van der Waals surface area contributed by atoms with Crippen LogP contribution in [0.15, 0.2) is 77.2 Å². The smallest absolute Gasteiger partial charge is 0.274 e. The highest BCUT2D eigenvalue weighted by Gasteiger charge is 2.11. The first-order valence-electron chi connectivity index (χ1n) is 7.49. The van der Waals surface area contributed by atoms with Crippen LogP contribution in [0.4, 0.5) is 17.2 Å². The Morgan fingerprint density at radius 3 is 2.48 bits per heavy atom. The number of azo groups is 1. The van der Waals surface area contributed by atoms with Crippen LogP contribution < -0.4 is 10.1 Å². The molecular weight excluding hydrogens is 318 g/mol. The Kier molecular flexibility index (Phi) is 5.06. The fraction of sp³-hybridized carbons (Fsp3) is 0.0556. The van der Waals surface area contributed by atoms with Crippen LogP contribution in [0, 0.1) is 0 Å². The molecule has 0 aliphatic carbocycles. The maximum absolute atomic E-state index is 12.2. The third kappa shape index (κ3) is 4.23. The van der Waals surface area contributed by atoms with Gasteiger partial charge in [-0.15, -0.1) is 10.2 Å². The van der Waals surface area contributed by atoms with Gasteiger partial charge >= 0.3 is 0 Å². The van der Waals surface area contributed by atoms with Crippen LogP contribution >= 0.6 is 0 Å². The molecule has 1 amide bonds. The van der Waals surface area contributed by atoms with E-state index in [0.717, 1.165) is 0 Å². The number of carbonyl (C=O) groups excluding carboxylic acids is 1. The second-order valence-corrected chi connectivity index (χ2v) is 4.94. The molecular formula is C18H15N5O2. The van der Waals surface area contributed by atoms with Crippen molar-refractivity contribution < 1.29 is 9.53 Å². The van der Waals surface area contributed by atoms with E-state index in [-0.39, 0.29) is 5.91 Å². The minimum absolute atomic E-state index is 0.318. The number of nitrogens with one attached hydrogen (secondary N) is 1. The number of rotatable bonds is 5. The number of pyridine rings is 2. The SMILES string of the molecule is COc1cc(/N=N/c2ccccn2)ccc1NC(=O)c1ccccn1. The van der Waals surface area contributed by atoms with E-state index in [1.165, 1.54) is 7.11 Å². The molecule has 3 aromatic rings. The van der Waals surface area contributed by atoms with Gasteiger partial charge in [-0.05, 0) is 36.4 Å². The third-order valence-electron chi connectivity index (χ3n) is 3.25. The van der Waals surface area contributed by atoms with E-state index in [1.54, 1.807) is 60.9 Å². The minimum Gasteiger partial charge on any atom is -0.494 e. The van der Waals surface area contributed by atoms with Crippen LogP contribution in [0.1, 0.15) is 10.5 Å². The Morgan fingerprint density at radius 1 is 1.00 bits per heavy atom. The maximum Gasteiger partial charge on any atom is 0.274 e. The number of hydrogen-bond donors (Lipinski definition) is 1. The lowest BCUT2D eigenvalue weighted by Crippen LogP contribution is -2.13. The monoisotopic (exact) mass is 333 g/mol. The molecule has 0 spiro atoms. The molecule has 0 bridgehead atoms. The normalized spacial score (nSPS) is 10.6. The first-order chi connectivity index (χ1) is 12.3. The average molecular weight is 333 g/mol. The molecule has 0 unspecified atom stereocenters. The number of anilines is 1. The average Bonchev–Trinajstić information content (AvgIpc) is 2.68. The predicted molar refractivity (Wildman–Crippen MR) is 93.6 cm³/mol. The summed E-state index contributed by atoms with van der Waals surface area (Å²) in [5, 5.41) is 10.9. The van der Waals surface area contributed by atoms with Gasteiger partial charge in [0.05, 0.1) is 18.5 Å². The highest BCUT2D eigenvalue weighted by molar-refractivity contribution is 6.03. The Bertz CT molecular complexity index is 882. The van der Waals surface area contributed by atoms with Gasteiger partial charge < -0.3 is 10.1 Å². The van der Waals surface area contributed by atoms with Gasteiger partial charge in [-0.2, -0.15) is 0 Å². The number of methoxy groups -OCH3 is 1. The quantitative estimate of drug-likeness (QED) is 0.710. The van der Waals surface area contributed by atoms with Crippen molar-refractivity contribution in [1.82, 2.24) is 9.97 Å². The van der Waals surface area contributed by atoms with Crippen molar-refractivity contribution in [2.45, 2.75) is 0 Å². The van der Waals surface area contributed by atoms with Gasteiger partial charge in [-0.25, -0.2) is 4.98 Å². The Balaban J connectivity index is 1.78. The van der Waals surface area contributed by atoms with Crippen molar-refractivity contribution in [3.8, 4) is 5.75 Å². The standard InChI is InChI=1S/C18H15N5O2/c1-25-16-12-13(22-23-17-7-3-5-11-20-17)8-9-14(16)21-18(24)15-6-2-4-10-19-15/h2-12H,1H3,(H,21,24)/b23-22+. The maximum atomic E-state index is 12.2. The van der Waals surface area contributed by atoms with Crippen LogP contribution in [0.2, 0.25) is 0 Å². The molecule has 0 radical (unpaired) electrons. The van der Waals surface area contributed by atoms with Crippen LogP contribution in [0.5, 0.6) is 5.75 Å². The summed E-state index contributed by atoms with van der Waals surface area (Å²) in [7, 11) is 1.52. The molecule has 124 valence electrons. The lowest BCUT2D eigenvalue weighted by atomic mass is 10.2. The molecule has 1 aromatic carbocycles. The molecule has 2 aromatic heterocycles. The zero-order chi connectivity index (χ0) is 17.5. The van der Waals surface area contributed by atoms with Crippen molar-refractivity contribution in [3.63, 3.8) is 0 Å². The number of nitrogens with zero attached hydrogens (tertiary/aromatic N) is 4. The molecule has 3 rings (SSSR count). The molecule has 1 N–H and O–H groups in total. The lowest BCUT2D eigenvalue weighted by molar-refractivity contribution is 0.102. The molecule has 0 fully saturated rings. The molecule has 0 saturated carbocycles. The van der Waals surface area contributed by atoms with Gasteiger partial charge in [0, 0.05) is 18.5 Å². The van der Waals surface area contributed by atoms with E-state index < -0.39 is 0 Å². The van der Waals surface area contributed by atoms with E-state index in [0.29, 0.717) is 28.6 Å². The highest BCUT2D eigenvalue weighted by atomic mass is 16.5. The number of aromatic nitrogens is 2. The van der Waals surface area contributed by atoms with Gasteiger partial charge in [0.15, 0.2) is 5.82 Å². The van der Waals surface area contributed by atoms with Crippen molar-refractivity contribution in [3.05, 3.63) is 72.7 Å². The fourth-order valence-electron chi connectivity index (χ4n) is 2.05. The molecule has 7 heteroatoms. The van der Waals surface area contributed by atoms with Crippen molar-refractivity contribution in [2.75, 3.05) is 12.4 Å². The molecule has 0 aliphatic rings. The van der Waals surface area contributed by atoms with Crippen molar-refractivity contribution >= 4 is 23.1 Å². The zero-order valence-electron chi connectivity index (χ0n) is 13.5. The van der Waals surface area contributed by atoms with Gasteiger partial charge in [0.2, 0.25) is 0 Å². The summed E-state index contributed by atoms with van der Waals surface area (Å²) in [5.41, 5.74) is 1.43. The molecule has 25 heavy (non-hydrogen) atoms. The van der Waals surface area contributed by atoms with Crippen molar-refractivity contribution in [2.24, 2.45) is 10.2 Å². The first kappa shape index (κ1) is 16.3. The highest BCUT2D eigenvalue weighted by Crippen LogP contribution is 2.30. The largest absolute Gasteiger partial charge is 0.494 e. The van der Waals surface area contributed by atoms with E-state index in [9.17, 15) is 4.79 Å².